The molecule has 4 radical (unpaired) electrons. The fourth-order valence-corrected chi connectivity index (χ4v) is 3.07. The van der Waals surface area contributed by atoms with Crippen molar-refractivity contribution < 1.29 is 31.8 Å². The van der Waals surface area contributed by atoms with Gasteiger partial charge in [0.05, 0.1) is 0 Å². The van der Waals surface area contributed by atoms with Gasteiger partial charge < -0.3 is 21.9 Å². The second kappa shape index (κ2) is 10.7. The van der Waals surface area contributed by atoms with Crippen LogP contribution >= 0.6 is 0 Å². The average molecular weight is 434 g/mol. The molecule has 0 spiro atoms. The smallest absolute Gasteiger partial charge is 0.870 e. The van der Waals surface area contributed by atoms with Gasteiger partial charge in [-0.3, -0.25) is 0 Å². The summed E-state index contributed by atoms with van der Waals surface area (Å²) in [5.74, 6) is -0.841. The first-order valence-corrected chi connectivity index (χ1v) is 5.42. The molecule has 1 aromatic rings. The molecule has 0 amide bonds. The summed E-state index contributed by atoms with van der Waals surface area (Å²) in [7, 11) is 0. The molecule has 0 saturated heterocycles. The van der Waals surface area contributed by atoms with E-state index < -0.39 is 5.97 Å². The average Bonchev–Trinajstić information content (AvgIpc) is 1.85. The first-order chi connectivity index (χ1) is 5.11. The van der Waals surface area contributed by atoms with Crippen molar-refractivity contribution in [1.82, 2.24) is 0 Å². The van der Waals surface area contributed by atoms with Crippen LogP contribution in [0.2, 0.25) is 0 Å². The van der Waals surface area contributed by atoms with Gasteiger partial charge in [0.1, 0.15) is 0 Å². The number of rotatable bonds is 1. The van der Waals surface area contributed by atoms with Crippen LogP contribution < -0.4 is 7.02 Å². The molecular weight excluding hydrogens is 424 g/mol. The number of hydrogen-bond acceptors (Lipinski definition) is 3. The van der Waals surface area contributed by atoms with Gasteiger partial charge in [-0.2, -0.15) is 0 Å². The van der Waals surface area contributed by atoms with Crippen LogP contribution in [0.5, 0.6) is 0 Å². The zero-order chi connectivity index (χ0) is 8.43. The maximum atomic E-state index is 10.5. The van der Waals surface area contributed by atoms with E-state index in [1.165, 1.54) is 23.0 Å². The molecule has 0 aromatic heterocycles. The SMILES string of the molecule is O.O.O=C(O)c1cc[c]([Sb])c[c]1[Sb].[OH-].[OH-]. The second-order valence-corrected chi connectivity index (χ2v) is 4.86. The van der Waals surface area contributed by atoms with E-state index >= 15 is 0 Å². The van der Waals surface area contributed by atoms with E-state index in [0.29, 0.717) is 5.56 Å². The van der Waals surface area contributed by atoms with E-state index in [4.69, 9.17) is 5.11 Å². The molecule has 6 nitrogen and oxygen atoms in total. The van der Waals surface area contributed by atoms with E-state index in [1.807, 2.05) is 12.1 Å². The van der Waals surface area contributed by atoms with Crippen LogP contribution in [0.4, 0.5) is 0 Å². The summed E-state index contributed by atoms with van der Waals surface area (Å²) in [6.07, 6.45) is 0. The first-order valence-electron chi connectivity index (χ1n) is 2.86. The van der Waals surface area contributed by atoms with Crippen molar-refractivity contribution in [2.45, 2.75) is 0 Å². The summed E-state index contributed by atoms with van der Waals surface area (Å²) < 4.78 is 2.03. The van der Waals surface area contributed by atoms with Gasteiger partial charge in [0, 0.05) is 0 Å². The Morgan fingerprint density at radius 2 is 1.60 bits per heavy atom. The predicted molar refractivity (Wildman–Crippen MR) is 55.3 cm³/mol. The number of carboxylic acids is 1. The van der Waals surface area contributed by atoms with Gasteiger partial charge in [-0.1, -0.05) is 0 Å². The Hall–Kier alpha value is 0.166. The van der Waals surface area contributed by atoms with Crippen LogP contribution in [0.25, 0.3) is 0 Å². The molecule has 15 heavy (non-hydrogen) atoms. The minimum absolute atomic E-state index is 0. The Bertz CT molecular complexity index is 304. The summed E-state index contributed by atoms with van der Waals surface area (Å²) in [6.45, 7) is 0. The van der Waals surface area contributed by atoms with Gasteiger partial charge in [0.15, 0.2) is 0 Å². The van der Waals surface area contributed by atoms with Crippen LogP contribution in [0.1, 0.15) is 10.4 Å². The molecule has 1 aromatic carbocycles. The molecule has 0 aliphatic heterocycles. The van der Waals surface area contributed by atoms with Gasteiger partial charge in [-0.05, 0) is 0 Å². The molecule has 0 aliphatic carbocycles. The Morgan fingerprint density at radius 1 is 1.13 bits per heavy atom. The summed E-state index contributed by atoms with van der Waals surface area (Å²) >= 11 is 3.05. The summed E-state index contributed by atoms with van der Waals surface area (Å²) in [5.41, 5.74) is 0.415. The fourth-order valence-electron chi connectivity index (χ4n) is 0.701. The van der Waals surface area contributed by atoms with Crippen LogP contribution in [0.15, 0.2) is 18.2 Å². The van der Waals surface area contributed by atoms with Crippen molar-refractivity contribution in [2.75, 3.05) is 0 Å². The fraction of sp³-hybridized carbons (Fsp3) is 0. The third-order valence-electron chi connectivity index (χ3n) is 1.21. The molecular formula is C7H10O6Sb2-2. The largest absolute Gasteiger partial charge is 0.870 e. The van der Waals surface area contributed by atoms with Gasteiger partial charge in [-0.15, -0.1) is 0 Å². The quantitative estimate of drug-likeness (QED) is 0.467. The third kappa shape index (κ3) is 7.12. The zero-order valence-electron chi connectivity index (χ0n) is 7.38. The van der Waals surface area contributed by atoms with Gasteiger partial charge in [0.2, 0.25) is 0 Å². The molecule has 1 rings (SSSR count). The monoisotopic (exact) mass is 432 g/mol. The van der Waals surface area contributed by atoms with Crippen molar-refractivity contribution in [3.05, 3.63) is 23.8 Å². The van der Waals surface area contributed by atoms with Crippen LogP contribution in [0, 0.1) is 0 Å². The van der Waals surface area contributed by atoms with Crippen molar-refractivity contribution in [2.24, 2.45) is 0 Å². The molecule has 0 atom stereocenters. The molecule has 86 valence electrons. The molecule has 0 aliphatic rings. The Kier molecular flexibility index (Phi) is 17.4. The number of aromatic carboxylic acids is 1. The van der Waals surface area contributed by atoms with Crippen LogP contribution in [-0.2, 0) is 0 Å². The van der Waals surface area contributed by atoms with E-state index in [2.05, 4.69) is 0 Å². The van der Waals surface area contributed by atoms with Gasteiger partial charge in [-0.25, -0.2) is 0 Å². The summed E-state index contributed by atoms with van der Waals surface area (Å²) in [6, 6.07) is 5.40. The third-order valence-corrected chi connectivity index (χ3v) is 3.06. The van der Waals surface area contributed by atoms with E-state index in [0.717, 1.165) is 7.02 Å². The minimum atomic E-state index is -0.841. The predicted octanol–water partition coefficient (Wildman–Crippen LogP) is -3.03. The molecule has 0 fully saturated rings. The molecule has 7 N–H and O–H groups in total. The van der Waals surface area contributed by atoms with Crippen molar-refractivity contribution in [3.8, 4) is 0 Å². The van der Waals surface area contributed by atoms with E-state index in [1.54, 1.807) is 29.1 Å². The number of carbonyl (C=O) groups is 1. The maximum absolute atomic E-state index is 10.5. The molecule has 0 heterocycles. The summed E-state index contributed by atoms with van der Waals surface area (Å²) in [4.78, 5) is 10.5. The van der Waals surface area contributed by atoms with Gasteiger partial charge >= 0.3 is 92.7 Å². The Balaban J connectivity index is -0.000000151. The van der Waals surface area contributed by atoms with E-state index in [-0.39, 0.29) is 21.9 Å². The minimum Gasteiger partial charge on any atom is -0.870 e. The topological polar surface area (TPSA) is 160 Å². The summed E-state index contributed by atoms with van der Waals surface area (Å²) in [5, 5.41) is 8.67. The first kappa shape index (κ1) is 24.4. The second-order valence-electron chi connectivity index (χ2n) is 2.01. The van der Waals surface area contributed by atoms with Crippen LogP contribution in [0.3, 0.4) is 0 Å². The Labute approximate surface area is 114 Å². The Morgan fingerprint density at radius 3 is 1.93 bits per heavy atom. The van der Waals surface area contributed by atoms with Crippen molar-refractivity contribution >= 4 is 59.0 Å². The van der Waals surface area contributed by atoms with Crippen molar-refractivity contribution in [3.63, 3.8) is 0 Å². The zero-order valence-corrected chi connectivity index (χ0v) is 12.5. The number of carboxylic acid groups (broad SMARTS) is 1. The van der Waals surface area contributed by atoms with Crippen molar-refractivity contribution in [1.29, 1.82) is 0 Å². The molecule has 0 unspecified atom stereocenters. The number of benzene rings is 1. The number of hydrogen-bond donors (Lipinski definition) is 1. The standard InChI is InChI=1S/C7H4O2.4H2O.2Sb/c8-7(9)6-4-2-1-3-5-6;;;;;;/h2-4H,(H,8,9);4*1H2;;/p-2. The van der Waals surface area contributed by atoms with Gasteiger partial charge in [0.25, 0.3) is 0 Å². The molecule has 8 heteroatoms. The van der Waals surface area contributed by atoms with E-state index in [9.17, 15) is 4.79 Å². The molecule has 0 bridgehead atoms. The maximum Gasteiger partial charge on any atom is -0.870 e. The normalized spacial score (nSPS) is 7.07. The molecule has 0 saturated carbocycles. The van der Waals surface area contributed by atoms with Crippen LogP contribution in [-0.4, -0.2) is 79.0 Å².